The molecule has 0 aliphatic carbocycles. The fourth-order valence-corrected chi connectivity index (χ4v) is 4.69. The number of nitrogens with zero attached hydrogens (tertiary/aromatic N) is 1. The molecule has 0 aliphatic heterocycles. The van der Waals surface area contributed by atoms with E-state index in [1.165, 1.54) is 19.1 Å². The Balaban J connectivity index is 2.23. The molecule has 0 bridgehead atoms. The van der Waals surface area contributed by atoms with Crippen molar-refractivity contribution in [1.29, 1.82) is 0 Å². The van der Waals surface area contributed by atoms with Gasteiger partial charge in [-0.2, -0.15) is 5.09 Å². The molecule has 1 heterocycles. The molecule has 3 N–H and O–H groups in total. The minimum atomic E-state index is -4.36. The molecule has 1 aromatic heterocycles. The van der Waals surface area contributed by atoms with Gasteiger partial charge in [-0.1, -0.05) is 34.1 Å². The Morgan fingerprint density at radius 3 is 2.44 bits per heavy atom. The van der Waals surface area contributed by atoms with Crippen LogP contribution >= 0.6 is 23.7 Å². The normalized spacial score (nSPS) is 16.5. The van der Waals surface area contributed by atoms with E-state index < -0.39 is 62.4 Å². The minimum absolute atomic E-state index is 0.0450. The van der Waals surface area contributed by atoms with Gasteiger partial charge >= 0.3 is 19.4 Å². The lowest BCUT2D eigenvalue weighted by Gasteiger charge is -2.28. The topological polar surface area (TPSA) is 158 Å². The van der Waals surface area contributed by atoms with Crippen LogP contribution in [0.25, 0.3) is 0 Å². The molecular weight excluding hydrogens is 568 g/mol. The van der Waals surface area contributed by atoms with E-state index in [2.05, 4.69) is 21.0 Å². The summed E-state index contributed by atoms with van der Waals surface area (Å²) in [5, 5.41) is 12.0. The molecule has 0 radical (unpaired) electrons. The van der Waals surface area contributed by atoms with Crippen LogP contribution in [0.5, 0.6) is 5.75 Å². The predicted molar refractivity (Wildman–Crippen MR) is 131 cm³/mol. The van der Waals surface area contributed by atoms with E-state index in [0.29, 0.717) is 0 Å². The van der Waals surface area contributed by atoms with Crippen molar-refractivity contribution in [3.05, 3.63) is 63.4 Å². The number of para-hydroxylation sites is 1. The second kappa shape index (κ2) is 13.8. The number of carbonyl (C=O) groups excluding carboxylic acids is 1. The van der Waals surface area contributed by atoms with Crippen LogP contribution in [0.2, 0.25) is 0 Å². The third kappa shape index (κ3) is 9.26. The molecule has 0 saturated carbocycles. The number of aliphatic hydroxyl groups excluding tert-OH is 1. The summed E-state index contributed by atoms with van der Waals surface area (Å²) in [5.74, 6) is -0.616. The maximum absolute atomic E-state index is 14.0. The number of halogens is 2. The largest absolute Gasteiger partial charge is 0.462 e. The third-order valence-electron chi connectivity index (χ3n) is 4.37. The number of hydrogen-bond acceptors (Lipinski definition) is 9. The monoisotopic (exact) mass is 595 g/mol. The number of nitrogens with one attached hydrogen (secondary N) is 2. The van der Waals surface area contributed by atoms with Gasteiger partial charge in [-0.25, -0.2) is 13.8 Å². The fraction of sp³-hybridized carbons (Fsp3) is 0.476. The molecule has 1 unspecified atom stereocenters. The van der Waals surface area contributed by atoms with Crippen molar-refractivity contribution >= 4 is 29.6 Å². The lowest BCUT2D eigenvalue weighted by molar-refractivity contribution is -0.153. The molecule has 2 rings (SSSR count). The molecule has 0 fully saturated rings. The molecule has 0 aliphatic rings. The Kier molecular flexibility index (Phi) is 11.5. The first-order chi connectivity index (χ1) is 16.9. The Hall–Kier alpha value is -2.35. The van der Waals surface area contributed by atoms with Crippen molar-refractivity contribution in [3.63, 3.8) is 0 Å². The van der Waals surface area contributed by atoms with Crippen molar-refractivity contribution < 1.29 is 37.4 Å². The van der Waals surface area contributed by atoms with Gasteiger partial charge < -0.3 is 19.1 Å². The second-order valence-electron chi connectivity index (χ2n) is 7.71. The number of ether oxygens (including phenoxy) is 2. The number of alkyl halides is 2. The van der Waals surface area contributed by atoms with Gasteiger partial charge in [0.25, 0.3) is 5.56 Å². The summed E-state index contributed by atoms with van der Waals surface area (Å²) in [6.45, 7) is 3.83. The highest BCUT2D eigenvalue weighted by molar-refractivity contribution is 9.09. The highest BCUT2D eigenvalue weighted by atomic mass is 79.9. The molecule has 15 heteroatoms. The number of aromatic amines is 1. The van der Waals surface area contributed by atoms with Gasteiger partial charge in [0.1, 0.15) is 24.1 Å². The Labute approximate surface area is 214 Å². The number of aliphatic hydroxyl groups is 1. The number of esters is 1. The van der Waals surface area contributed by atoms with Crippen LogP contribution in [0, 0.1) is 0 Å². The van der Waals surface area contributed by atoms with Gasteiger partial charge in [-0.3, -0.25) is 23.7 Å². The van der Waals surface area contributed by atoms with Crippen LogP contribution in [-0.2, 0) is 23.4 Å². The number of rotatable bonds is 14. The van der Waals surface area contributed by atoms with Crippen molar-refractivity contribution in [1.82, 2.24) is 14.6 Å². The van der Waals surface area contributed by atoms with Gasteiger partial charge in [0.05, 0.1) is 12.7 Å². The zero-order chi connectivity index (χ0) is 26.9. The minimum Gasteiger partial charge on any atom is -0.462 e. The van der Waals surface area contributed by atoms with Crippen molar-refractivity contribution in [2.45, 2.75) is 51.6 Å². The smallest absolute Gasteiger partial charge is 0.459 e. The molecular formula is C21H28BrFN3O9P. The first-order valence-corrected chi connectivity index (χ1v) is 13.4. The average Bonchev–Trinajstić information content (AvgIpc) is 2.79. The van der Waals surface area contributed by atoms with Gasteiger partial charge in [0.15, 0.2) is 0 Å². The number of H-pyrrole nitrogens is 1. The van der Waals surface area contributed by atoms with Gasteiger partial charge in [-0.15, -0.1) is 0 Å². The molecule has 5 atom stereocenters. The summed E-state index contributed by atoms with van der Waals surface area (Å²) in [6.07, 6.45) is -4.87. The molecule has 0 spiro atoms. The summed E-state index contributed by atoms with van der Waals surface area (Å²) in [7, 11) is -4.36. The van der Waals surface area contributed by atoms with Gasteiger partial charge in [0.2, 0.25) is 6.36 Å². The molecule has 2 aromatic rings. The standard InChI is InChI=1S/C21H28BrFN3O9P/c1-13(2)33-20(29)14(3)25-36(31,35-15-7-5-4-6-8-15)32-12-16(19(23)28)34-18(11-22)26-10-9-17(27)24-21(26)30/h4-10,13-14,16,18-19,28H,11-12H2,1-3H3,(H,25,31)(H,24,27,30)/t14-,16+,18+,19+,36?/m0/s1. The van der Waals surface area contributed by atoms with E-state index in [9.17, 15) is 28.4 Å². The summed E-state index contributed by atoms with van der Waals surface area (Å²) in [6, 6.07) is 7.78. The van der Waals surface area contributed by atoms with E-state index in [1.807, 2.05) is 4.98 Å². The van der Waals surface area contributed by atoms with Gasteiger partial charge in [0, 0.05) is 17.6 Å². The molecule has 36 heavy (non-hydrogen) atoms. The van der Waals surface area contributed by atoms with E-state index >= 15 is 0 Å². The number of carbonyl (C=O) groups is 1. The molecule has 12 nitrogen and oxygen atoms in total. The first kappa shape index (κ1) is 29.9. The van der Waals surface area contributed by atoms with E-state index in [-0.39, 0.29) is 11.1 Å². The summed E-state index contributed by atoms with van der Waals surface area (Å²) >= 11 is 3.12. The molecule has 0 saturated heterocycles. The maximum Gasteiger partial charge on any atom is 0.459 e. The molecule has 0 amide bonds. The third-order valence-corrected chi connectivity index (χ3v) is 6.56. The predicted octanol–water partition coefficient (Wildman–Crippen LogP) is 2.24. The van der Waals surface area contributed by atoms with E-state index in [4.69, 9.17) is 18.5 Å². The lowest BCUT2D eigenvalue weighted by Crippen LogP contribution is -2.40. The zero-order valence-electron chi connectivity index (χ0n) is 19.7. The SMILES string of the molecule is CC(C)OC(=O)[C@H](C)NP(=O)(OC[C@@H](O[C@H](CBr)n1ccc(=O)[nH]c1=O)[C@@H](O)F)Oc1ccccc1. The fourth-order valence-electron chi connectivity index (χ4n) is 2.72. The quantitative estimate of drug-likeness (QED) is 0.168. The van der Waals surface area contributed by atoms with E-state index in [0.717, 1.165) is 16.8 Å². The van der Waals surface area contributed by atoms with Crippen molar-refractivity contribution in [2.24, 2.45) is 0 Å². The van der Waals surface area contributed by atoms with Crippen molar-refractivity contribution in [3.8, 4) is 5.75 Å². The Morgan fingerprint density at radius 2 is 1.89 bits per heavy atom. The summed E-state index contributed by atoms with van der Waals surface area (Å²) < 4.78 is 49.8. The number of aromatic nitrogens is 2. The van der Waals surface area contributed by atoms with Crippen LogP contribution in [0.1, 0.15) is 27.0 Å². The van der Waals surface area contributed by atoms with Crippen LogP contribution in [0.3, 0.4) is 0 Å². The number of benzene rings is 1. The van der Waals surface area contributed by atoms with Crippen LogP contribution in [0.4, 0.5) is 4.39 Å². The Morgan fingerprint density at radius 1 is 1.22 bits per heavy atom. The zero-order valence-corrected chi connectivity index (χ0v) is 22.2. The highest BCUT2D eigenvalue weighted by Gasteiger charge is 2.35. The van der Waals surface area contributed by atoms with Crippen LogP contribution in [0.15, 0.2) is 52.2 Å². The highest BCUT2D eigenvalue weighted by Crippen LogP contribution is 2.45. The molecule has 1 aromatic carbocycles. The average molecular weight is 596 g/mol. The summed E-state index contributed by atoms with van der Waals surface area (Å²) in [4.78, 5) is 37.6. The van der Waals surface area contributed by atoms with Gasteiger partial charge in [-0.05, 0) is 32.9 Å². The number of hydrogen-bond donors (Lipinski definition) is 3. The summed E-state index contributed by atoms with van der Waals surface area (Å²) in [5.41, 5.74) is -1.48. The van der Waals surface area contributed by atoms with Crippen LogP contribution < -0.4 is 20.9 Å². The van der Waals surface area contributed by atoms with Crippen LogP contribution in [-0.4, -0.2) is 57.2 Å². The Bertz CT molecular complexity index is 1150. The van der Waals surface area contributed by atoms with Crippen molar-refractivity contribution in [2.75, 3.05) is 11.9 Å². The van der Waals surface area contributed by atoms with E-state index in [1.54, 1.807) is 32.0 Å². The molecule has 200 valence electrons. The lowest BCUT2D eigenvalue weighted by atomic mass is 10.3. The maximum atomic E-state index is 14.0. The first-order valence-electron chi connectivity index (χ1n) is 10.8. The second-order valence-corrected chi connectivity index (χ2v) is 10.0.